The van der Waals surface area contributed by atoms with E-state index in [4.69, 9.17) is 37.9 Å². The van der Waals surface area contributed by atoms with Crippen LogP contribution in [0.5, 0.6) is 11.5 Å². The maximum Gasteiger partial charge on any atom is 0.410 e. The molecule has 0 atom stereocenters. The number of carbonyl (C=O) groups is 4. The van der Waals surface area contributed by atoms with Gasteiger partial charge in [-0.25, -0.2) is 19.2 Å². The normalized spacial score (nSPS) is 10.7. The van der Waals surface area contributed by atoms with Crippen LogP contribution < -0.4 is 19.3 Å². The van der Waals surface area contributed by atoms with Gasteiger partial charge in [0.1, 0.15) is 37.9 Å². The predicted molar refractivity (Wildman–Crippen MR) is 255 cm³/mol. The van der Waals surface area contributed by atoms with Gasteiger partial charge in [0, 0.05) is 78.1 Å². The van der Waals surface area contributed by atoms with E-state index in [1.807, 2.05) is 135 Å². The Labute approximate surface area is 398 Å². The lowest BCUT2D eigenvalue weighted by molar-refractivity contribution is 0.0193. The molecule has 0 saturated carbocycles. The van der Waals surface area contributed by atoms with E-state index < -0.39 is 24.1 Å². The van der Waals surface area contributed by atoms with Crippen molar-refractivity contribution in [3.8, 4) is 11.5 Å². The van der Waals surface area contributed by atoms with Crippen LogP contribution in [0.2, 0.25) is 0 Å². The van der Waals surface area contributed by atoms with Gasteiger partial charge in [-0.3, -0.25) is 14.8 Å². The van der Waals surface area contributed by atoms with Crippen LogP contribution >= 0.6 is 0 Å². The number of aromatic nitrogens is 1. The number of rotatable bonds is 26. The first kappa shape index (κ1) is 51.6. The Kier molecular flexibility index (Phi) is 20.7. The summed E-state index contributed by atoms with van der Waals surface area (Å²) >= 11 is 0. The number of benzene rings is 4. The van der Waals surface area contributed by atoms with Crippen molar-refractivity contribution in [1.82, 2.24) is 14.8 Å². The van der Waals surface area contributed by atoms with Crippen LogP contribution in [0.15, 0.2) is 116 Å². The maximum absolute atomic E-state index is 13.2. The molecule has 68 heavy (non-hydrogen) atoms. The van der Waals surface area contributed by atoms with E-state index >= 15 is 0 Å². The zero-order valence-electron chi connectivity index (χ0n) is 39.6. The molecule has 0 aliphatic carbocycles. The highest BCUT2D eigenvalue weighted by molar-refractivity contribution is 5.94. The van der Waals surface area contributed by atoms with E-state index in [2.05, 4.69) is 4.98 Å². The Morgan fingerprint density at radius 3 is 1.04 bits per heavy atom. The molecule has 0 unspecified atom stereocenters. The average Bonchev–Trinajstić information content (AvgIpc) is 3.35. The highest BCUT2D eigenvalue weighted by Gasteiger charge is 2.19. The van der Waals surface area contributed by atoms with E-state index in [0.29, 0.717) is 37.7 Å². The second-order valence-electron chi connectivity index (χ2n) is 15.7. The minimum Gasteiger partial charge on any atom is -0.497 e. The summed E-state index contributed by atoms with van der Waals surface area (Å²) in [5, 5.41) is 0. The molecular weight excluding hydrogens is 875 g/mol. The van der Waals surface area contributed by atoms with Crippen molar-refractivity contribution >= 4 is 35.5 Å². The Morgan fingerprint density at radius 1 is 0.426 bits per heavy atom. The van der Waals surface area contributed by atoms with Crippen LogP contribution in [0.4, 0.5) is 21.0 Å². The molecule has 0 N–H and O–H groups in total. The number of pyridine rings is 1. The third kappa shape index (κ3) is 17.1. The quantitative estimate of drug-likeness (QED) is 0.0309. The molecule has 0 aliphatic rings. The lowest BCUT2D eigenvalue weighted by Gasteiger charge is -2.23. The van der Waals surface area contributed by atoms with Crippen molar-refractivity contribution in [1.29, 1.82) is 0 Å². The van der Waals surface area contributed by atoms with Crippen molar-refractivity contribution in [2.75, 3.05) is 105 Å². The number of hydrogen-bond donors (Lipinski definition) is 0. The topological polar surface area (TPSA) is 168 Å². The van der Waals surface area contributed by atoms with Gasteiger partial charge in [-0.1, -0.05) is 48.5 Å². The summed E-state index contributed by atoms with van der Waals surface area (Å²) < 4.78 is 43.3. The van der Waals surface area contributed by atoms with E-state index in [1.165, 1.54) is 18.5 Å². The minimum absolute atomic E-state index is 0.0174. The fourth-order valence-electron chi connectivity index (χ4n) is 6.49. The predicted octanol–water partition coefficient (Wildman–Crippen LogP) is 7.26. The van der Waals surface area contributed by atoms with Crippen LogP contribution in [-0.2, 0) is 54.6 Å². The molecule has 17 nitrogen and oxygen atoms in total. The standard InChI is InChI=1S/C51H61N5O12/c1-53(2)44-15-7-38(8-16-44)34-55(36-40-11-19-46(61-5)20-12-40)50(59)67-29-25-63-23-27-65-48(57)42-31-43(33-52-32-42)49(58)66-28-24-64-26-30-68-51(60)56(37-41-13-21-47(62-6)22-14-41)35-39-9-17-45(18-10-39)54(3)4/h7-22,31-33H,23-30,34-37H2,1-6H3. The Balaban J connectivity index is 0.975. The van der Waals surface area contributed by atoms with Gasteiger partial charge in [0.15, 0.2) is 0 Å². The van der Waals surface area contributed by atoms with Crippen molar-refractivity contribution in [2.45, 2.75) is 26.2 Å². The third-order valence-electron chi connectivity index (χ3n) is 10.3. The Hall–Kier alpha value is -7.37. The monoisotopic (exact) mass is 935 g/mol. The molecule has 5 aromatic rings. The minimum atomic E-state index is -0.711. The summed E-state index contributed by atoms with van der Waals surface area (Å²) in [7, 11) is 11.1. The van der Waals surface area contributed by atoms with Crippen LogP contribution in [0.1, 0.15) is 43.0 Å². The molecule has 4 aromatic carbocycles. The van der Waals surface area contributed by atoms with Crippen molar-refractivity contribution < 1.29 is 57.1 Å². The first-order valence-corrected chi connectivity index (χ1v) is 22.0. The molecular formula is C51H61N5O12. The van der Waals surface area contributed by atoms with Gasteiger partial charge < -0.3 is 47.7 Å². The third-order valence-corrected chi connectivity index (χ3v) is 10.3. The van der Waals surface area contributed by atoms with Crippen molar-refractivity contribution in [2.24, 2.45) is 0 Å². The van der Waals surface area contributed by atoms with Crippen LogP contribution in [-0.4, -0.2) is 134 Å². The summed E-state index contributed by atoms with van der Waals surface area (Å²) in [5.74, 6) is 0.0117. The van der Waals surface area contributed by atoms with Gasteiger partial charge in [-0.15, -0.1) is 0 Å². The van der Waals surface area contributed by atoms with E-state index in [9.17, 15) is 19.2 Å². The van der Waals surface area contributed by atoms with Crippen LogP contribution in [0.3, 0.4) is 0 Å². The molecule has 0 bridgehead atoms. The molecule has 362 valence electrons. The lowest BCUT2D eigenvalue weighted by atomic mass is 10.1. The van der Waals surface area contributed by atoms with E-state index in [1.54, 1.807) is 24.0 Å². The molecule has 0 fully saturated rings. The number of anilines is 2. The summed E-state index contributed by atoms with van der Waals surface area (Å²) in [6, 6.07) is 32.1. The van der Waals surface area contributed by atoms with E-state index in [0.717, 1.165) is 33.6 Å². The molecule has 1 heterocycles. The summed E-state index contributed by atoms with van der Waals surface area (Å²) in [6.45, 7) is 1.32. The first-order chi connectivity index (χ1) is 32.9. The number of hydrogen-bond acceptors (Lipinski definition) is 15. The number of esters is 2. The SMILES string of the molecule is COc1ccc(CN(Cc2ccc(N(C)C)cc2)C(=O)OCCOCCOC(=O)c2cncc(C(=O)OCCOCCOC(=O)N(Cc3ccc(OC)cc3)Cc3ccc(N(C)C)cc3)c2)cc1. The second kappa shape index (κ2) is 27.3. The summed E-state index contributed by atoms with van der Waals surface area (Å²) in [5.41, 5.74) is 5.89. The van der Waals surface area contributed by atoms with Gasteiger partial charge in [-0.05, 0) is 76.9 Å². The van der Waals surface area contributed by atoms with Crippen LogP contribution in [0.25, 0.3) is 0 Å². The van der Waals surface area contributed by atoms with E-state index in [-0.39, 0.29) is 64.0 Å². The van der Waals surface area contributed by atoms with Gasteiger partial charge in [0.2, 0.25) is 0 Å². The maximum atomic E-state index is 13.2. The fourth-order valence-corrected chi connectivity index (χ4v) is 6.49. The first-order valence-electron chi connectivity index (χ1n) is 22.0. The molecule has 5 rings (SSSR count). The number of ether oxygens (including phenoxy) is 8. The summed E-state index contributed by atoms with van der Waals surface area (Å²) in [4.78, 5) is 63.1. The number of amides is 2. The lowest BCUT2D eigenvalue weighted by Crippen LogP contribution is -2.31. The zero-order chi connectivity index (χ0) is 48.7. The van der Waals surface area contributed by atoms with Gasteiger partial charge in [0.25, 0.3) is 0 Å². The molecule has 0 spiro atoms. The van der Waals surface area contributed by atoms with Crippen molar-refractivity contribution in [3.63, 3.8) is 0 Å². The van der Waals surface area contributed by atoms with Gasteiger partial charge >= 0.3 is 24.1 Å². The summed E-state index contributed by atoms with van der Waals surface area (Å²) in [6.07, 6.45) is 1.54. The molecule has 17 heteroatoms. The second-order valence-corrected chi connectivity index (χ2v) is 15.7. The van der Waals surface area contributed by atoms with Crippen LogP contribution in [0, 0.1) is 0 Å². The van der Waals surface area contributed by atoms with Gasteiger partial charge in [0.05, 0.1) is 51.8 Å². The number of nitrogens with zero attached hydrogens (tertiary/aromatic N) is 5. The zero-order valence-corrected chi connectivity index (χ0v) is 39.6. The largest absolute Gasteiger partial charge is 0.497 e. The molecule has 0 aliphatic heterocycles. The molecule has 2 amide bonds. The molecule has 0 saturated heterocycles. The smallest absolute Gasteiger partial charge is 0.410 e. The fraction of sp³-hybridized carbons (Fsp3) is 0.353. The molecule has 0 radical (unpaired) electrons. The average molecular weight is 936 g/mol. The van der Waals surface area contributed by atoms with Crippen molar-refractivity contribution in [3.05, 3.63) is 149 Å². The number of methoxy groups -OCH3 is 2. The Bertz CT molecular complexity index is 2170. The number of carbonyl (C=O) groups excluding carboxylic acids is 4. The highest BCUT2D eigenvalue weighted by atomic mass is 16.6. The highest BCUT2D eigenvalue weighted by Crippen LogP contribution is 2.20. The molecule has 1 aromatic heterocycles. The Morgan fingerprint density at radius 2 is 0.735 bits per heavy atom. The van der Waals surface area contributed by atoms with Gasteiger partial charge in [-0.2, -0.15) is 0 Å².